The van der Waals surface area contributed by atoms with Gasteiger partial charge in [0.05, 0.1) is 19.2 Å². The number of rotatable bonds is 3. The lowest BCUT2D eigenvalue weighted by Gasteiger charge is -2.11. The first kappa shape index (κ1) is 12.6. The number of aromatic hydroxyl groups is 1. The van der Waals surface area contributed by atoms with Gasteiger partial charge in [-0.2, -0.15) is 0 Å². The lowest BCUT2D eigenvalue weighted by Crippen LogP contribution is -1.90. The third-order valence-corrected chi connectivity index (χ3v) is 2.97. The predicted octanol–water partition coefficient (Wildman–Crippen LogP) is 3.73. The first-order valence-corrected chi connectivity index (χ1v) is 5.74. The maximum atomic E-state index is 9.42. The number of ether oxygens (including phenoxy) is 2. The van der Waals surface area contributed by atoms with E-state index in [0.717, 1.165) is 16.9 Å². The fourth-order valence-electron chi connectivity index (χ4n) is 1.71. The summed E-state index contributed by atoms with van der Waals surface area (Å²) in [4.78, 5) is 0. The third kappa shape index (κ3) is 2.36. The monoisotopic (exact) mass is 264 g/mol. The summed E-state index contributed by atoms with van der Waals surface area (Å²) in [6.07, 6.45) is 0. The van der Waals surface area contributed by atoms with Crippen molar-refractivity contribution in [3.63, 3.8) is 0 Å². The van der Waals surface area contributed by atoms with Crippen LogP contribution < -0.4 is 9.47 Å². The quantitative estimate of drug-likeness (QED) is 0.918. The number of phenols is 1. The molecule has 0 saturated heterocycles. The van der Waals surface area contributed by atoms with Gasteiger partial charge >= 0.3 is 0 Å². The molecule has 18 heavy (non-hydrogen) atoms. The summed E-state index contributed by atoms with van der Waals surface area (Å²) in [6.45, 7) is 0. The molecular formula is C14H13ClO3. The molecule has 0 amide bonds. The number of phenolic OH excluding ortho intramolecular Hbond substituents is 1. The largest absolute Gasteiger partial charge is 0.506 e. The van der Waals surface area contributed by atoms with Crippen molar-refractivity contribution in [3.05, 3.63) is 41.4 Å². The maximum Gasteiger partial charge on any atom is 0.134 e. The minimum atomic E-state index is 0.0629. The molecule has 1 N–H and O–H groups in total. The Hall–Kier alpha value is -1.87. The van der Waals surface area contributed by atoms with Crippen molar-refractivity contribution in [3.8, 4) is 28.4 Å². The van der Waals surface area contributed by atoms with E-state index in [1.165, 1.54) is 0 Å². The summed E-state index contributed by atoms with van der Waals surface area (Å²) in [6, 6.07) is 10.6. The highest BCUT2D eigenvalue weighted by atomic mass is 35.5. The van der Waals surface area contributed by atoms with E-state index in [1.807, 2.05) is 12.1 Å². The molecule has 0 spiro atoms. The molecule has 0 fully saturated rings. The second-order valence-corrected chi connectivity index (χ2v) is 4.14. The Morgan fingerprint density at radius 3 is 2.39 bits per heavy atom. The number of halogens is 1. The Kier molecular flexibility index (Phi) is 3.63. The van der Waals surface area contributed by atoms with E-state index in [0.29, 0.717) is 10.8 Å². The van der Waals surface area contributed by atoms with E-state index < -0.39 is 0 Å². The highest BCUT2D eigenvalue weighted by Crippen LogP contribution is 2.36. The number of benzene rings is 2. The summed E-state index contributed by atoms with van der Waals surface area (Å²) in [7, 11) is 3.20. The molecule has 0 heterocycles. The second-order valence-electron chi connectivity index (χ2n) is 3.73. The van der Waals surface area contributed by atoms with Crippen LogP contribution in [0, 0.1) is 0 Å². The second kappa shape index (κ2) is 5.19. The summed E-state index contributed by atoms with van der Waals surface area (Å²) >= 11 is 5.90. The minimum absolute atomic E-state index is 0.0629. The van der Waals surface area contributed by atoms with Gasteiger partial charge in [0, 0.05) is 11.6 Å². The number of hydrogen-bond donors (Lipinski definition) is 1. The first-order valence-electron chi connectivity index (χ1n) is 5.36. The maximum absolute atomic E-state index is 9.42. The topological polar surface area (TPSA) is 38.7 Å². The molecule has 3 nitrogen and oxygen atoms in total. The standard InChI is InChI=1S/C14H13ClO3/c1-17-10-4-5-11(14(8-10)18-2)9-3-6-13(16)12(15)7-9/h3-8,16H,1-2H3. The Bertz CT molecular complexity index is 567. The molecule has 0 aliphatic rings. The molecule has 0 aliphatic heterocycles. The van der Waals surface area contributed by atoms with Gasteiger partial charge in [-0.15, -0.1) is 0 Å². The van der Waals surface area contributed by atoms with Crippen LogP contribution in [0.5, 0.6) is 17.2 Å². The summed E-state index contributed by atoms with van der Waals surface area (Å²) in [5.41, 5.74) is 1.76. The number of hydrogen-bond acceptors (Lipinski definition) is 3. The SMILES string of the molecule is COc1ccc(-c2ccc(O)c(Cl)c2)c(OC)c1. The van der Waals surface area contributed by atoms with Crippen LogP contribution in [0.1, 0.15) is 0 Å². The van der Waals surface area contributed by atoms with Crippen molar-refractivity contribution in [2.75, 3.05) is 14.2 Å². The Morgan fingerprint density at radius 1 is 1.00 bits per heavy atom. The molecule has 0 bridgehead atoms. The van der Waals surface area contributed by atoms with Gasteiger partial charge in [0.15, 0.2) is 0 Å². The molecule has 0 radical (unpaired) electrons. The van der Waals surface area contributed by atoms with Gasteiger partial charge in [0.1, 0.15) is 17.2 Å². The van der Waals surface area contributed by atoms with Crippen LogP contribution in [-0.4, -0.2) is 19.3 Å². The Balaban J connectivity index is 2.52. The van der Waals surface area contributed by atoms with E-state index >= 15 is 0 Å². The first-order chi connectivity index (χ1) is 8.65. The van der Waals surface area contributed by atoms with Crippen LogP contribution in [0.25, 0.3) is 11.1 Å². The van der Waals surface area contributed by atoms with Crippen molar-refractivity contribution < 1.29 is 14.6 Å². The Morgan fingerprint density at radius 2 is 1.78 bits per heavy atom. The van der Waals surface area contributed by atoms with Crippen LogP contribution in [-0.2, 0) is 0 Å². The van der Waals surface area contributed by atoms with Crippen molar-refractivity contribution in [1.29, 1.82) is 0 Å². The van der Waals surface area contributed by atoms with Gasteiger partial charge in [-0.25, -0.2) is 0 Å². The molecule has 0 atom stereocenters. The molecule has 2 aromatic rings. The summed E-state index contributed by atoms with van der Waals surface area (Å²) in [5, 5.41) is 9.73. The van der Waals surface area contributed by atoms with E-state index in [9.17, 15) is 5.11 Å². The lowest BCUT2D eigenvalue weighted by atomic mass is 10.0. The highest BCUT2D eigenvalue weighted by Gasteiger charge is 2.09. The highest BCUT2D eigenvalue weighted by molar-refractivity contribution is 6.32. The zero-order chi connectivity index (χ0) is 13.1. The van der Waals surface area contributed by atoms with Crippen molar-refractivity contribution in [2.45, 2.75) is 0 Å². The van der Waals surface area contributed by atoms with Gasteiger partial charge in [-0.1, -0.05) is 17.7 Å². The summed E-state index contributed by atoms with van der Waals surface area (Å²) < 4.78 is 10.5. The minimum Gasteiger partial charge on any atom is -0.506 e. The molecule has 0 aliphatic carbocycles. The third-order valence-electron chi connectivity index (χ3n) is 2.67. The predicted molar refractivity (Wildman–Crippen MR) is 71.7 cm³/mol. The molecule has 0 aromatic heterocycles. The zero-order valence-corrected chi connectivity index (χ0v) is 10.9. The van der Waals surface area contributed by atoms with Crippen molar-refractivity contribution in [2.24, 2.45) is 0 Å². The molecule has 2 rings (SSSR count). The van der Waals surface area contributed by atoms with Crippen LogP contribution in [0.15, 0.2) is 36.4 Å². The fourth-order valence-corrected chi connectivity index (χ4v) is 1.89. The van der Waals surface area contributed by atoms with Crippen LogP contribution in [0.3, 0.4) is 0 Å². The molecule has 4 heteroatoms. The molecule has 0 saturated carbocycles. The van der Waals surface area contributed by atoms with Gasteiger partial charge in [0.2, 0.25) is 0 Å². The summed E-state index contributed by atoms with van der Waals surface area (Å²) in [5.74, 6) is 1.48. The fraction of sp³-hybridized carbons (Fsp3) is 0.143. The van der Waals surface area contributed by atoms with E-state index in [2.05, 4.69) is 0 Å². The van der Waals surface area contributed by atoms with E-state index in [-0.39, 0.29) is 5.75 Å². The van der Waals surface area contributed by atoms with Crippen LogP contribution in [0.4, 0.5) is 0 Å². The van der Waals surface area contributed by atoms with Gasteiger partial charge < -0.3 is 14.6 Å². The van der Waals surface area contributed by atoms with Crippen molar-refractivity contribution in [1.82, 2.24) is 0 Å². The van der Waals surface area contributed by atoms with Crippen molar-refractivity contribution >= 4 is 11.6 Å². The van der Waals surface area contributed by atoms with E-state index in [1.54, 1.807) is 38.5 Å². The normalized spacial score (nSPS) is 10.2. The molecular weight excluding hydrogens is 252 g/mol. The zero-order valence-electron chi connectivity index (χ0n) is 10.1. The van der Waals surface area contributed by atoms with Gasteiger partial charge in [0.25, 0.3) is 0 Å². The lowest BCUT2D eigenvalue weighted by molar-refractivity contribution is 0.395. The number of methoxy groups -OCH3 is 2. The average Bonchev–Trinajstić information content (AvgIpc) is 2.41. The van der Waals surface area contributed by atoms with Gasteiger partial charge in [-0.3, -0.25) is 0 Å². The van der Waals surface area contributed by atoms with Gasteiger partial charge in [-0.05, 0) is 29.8 Å². The average molecular weight is 265 g/mol. The molecule has 94 valence electrons. The molecule has 0 unspecified atom stereocenters. The smallest absolute Gasteiger partial charge is 0.134 e. The molecule has 2 aromatic carbocycles. The van der Waals surface area contributed by atoms with Crippen LogP contribution in [0.2, 0.25) is 5.02 Å². The Labute approximate surface area is 111 Å². The van der Waals surface area contributed by atoms with Crippen LogP contribution >= 0.6 is 11.6 Å². The van der Waals surface area contributed by atoms with E-state index in [4.69, 9.17) is 21.1 Å².